The van der Waals surface area contributed by atoms with Crippen molar-refractivity contribution in [1.82, 2.24) is 10.3 Å². The van der Waals surface area contributed by atoms with Crippen molar-refractivity contribution in [3.63, 3.8) is 0 Å². The summed E-state index contributed by atoms with van der Waals surface area (Å²) in [5, 5.41) is 13.2. The van der Waals surface area contributed by atoms with Crippen LogP contribution in [0.1, 0.15) is 39.9 Å². The lowest BCUT2D eigenvalue weighted by Gasteiger charge is -2.17. The fraction of sp³-hybridized carbons (Fsp3) is 0.269. The van der Waals surface area contributed by atoms with Crippen molar-refractivity contribution >= 4 is 29.4 Å². The third-order valence-corrected chi connectivity index (χ3v) is 6.40. The monoisotopic (exact) mass is 513 g/mol. The van der Waals surface area contributed by atoms with Crippen molar-refractivity contribution in [3.8, 4) is 11.1 Å². The zero-order valence-electron chi connectivity index (χ0n) is 19.4. The lowest BCUT2D eigenvalue weighted by atomic mass is 9.94. The van der Waals surface area contributed by atoms with Crippen molar-refractivity contribution in [3.05, 3.63) is 82.3 Å². The highest BCUT2D eigenvalue weighted by molar-refractivity contribution is 6.30. The number of aromatic nitrogens is 1. The molecule has 188 valence electrons. The van der Waals surface area contributed by atoms with Crippen LogP contribution in [-0.4, -0.2) is 48.3 Å². The molecule has 2 heterocycles. The van der Waals surface area contributed by atoms with Crippen LogP contribution in [0, 0.1) is 5.82 Å². The number of anilines is 1. The number of nitrogens with two attached hydrogens (primary N) is 1. The standard InChI is InChI=1S/C26H25ClFN3O5/c1-35-26(34)22-10-17(11-30-22)16-8-20(24(29)31-12-16)14-5-6-19(21(28)9-14)25(33)36-23(13-32)15-3-2-4-18(27)7-15/h2-9,12,17,22-23,30,32H,10-11,13H2,1H3,(H2,29,31)/t17-,22-,23+/m0/s1. The lowest BCUT2D eigenvalue weighted by molar-refractivity contribution is -0.142. The van der Waals surface area contributed by atoms with E-state index in [4.69, 9.17) is 26.8 Å². The summed E-state index contributed by atoms with van der Waals surface area (Å²) in [5.41, 5.74) is 8.04. The van der Waals surface area contributed by atoms with Crippen molar-refractivity contribution in [2.24, 2.45) is 0 Å². The van der Waals surface area contributed by atoms with Crippen LogP contribution in [0.15, 0.2) is 54.7 Å². The predicted octanol–water partition coefficient (Wildman–Crippen LogP) is 3.63. The minimum atomic E-state index is -0.999. The highest BCUT2D eigenvalue weighted by atomic mass is 35.5. The minimum Gasteiger partial charge on any atom is -0.468 e. The maximum atomic E-state index is 15.0. The number of ether oxygens (including phenoxy) is 2. The molecule has 3 aromatic rings. The fourth-order valence-electron chi connectivity index (χ4n) is 4.22. The van der Waals surface area contributed by atoms with Crippen molar-refractivity contribution in [2.75, 3.05) is 26.0 Å². The summed E-state index contributed by atoms with van der Waals surface area (Å²) in [6, 6.07) is 12.0. The van der Waals surface area contributed by atoms with Gasteiger partial charge in [-0.2, -0.15) is 0 Å². The number of nitrogens with one attached hydrogen (secondary N) is 1. The molecule has 1 aliphatic heterocycles. The van der Waals surface area contributed by atoms with E-state index in [2.05, 4.69) is 10.3 Å². The molecular formula is C26H25ClFN3O5. The average molecular weight is 514 g/mol. The van der Waals surface area contributed by atoms with E-state index >= 15 is 4.39 Å². The summed E-state index contributed by atoms with van der Waals surface area (Å²) in [6.45, 7) is 0.0657. The maximum absolute atomic E-state index is 15.0. The van der Waals surface area contributed by atoms with Gasteiger partial charge in [0.2, 0.25) is 0 Å². The van der Waals surface area contributed by atoms with E-state index in [1.165, 1.54) is 19.2 Å². The summed E-state index contributed by atoms with van der Waals surface area (Å²) >= 11 is 5.97. The minimum absolute atomic E-state index is 0.00181. The van der Waals surface area contributed by atoms with E-state index < -0.39 is 30.5 Å². The van der Waals surface area contributed by atoms with Gasteiger partial charge in [0.05, 0.1) is 19.3 Å². The molecule has 0 unspecified atom stereocenters. The fourth-order valence-corrected chi connectivity index (χ4v) is 4.41. The van der Waals surface area contributed by atoms with Crippen LogP contribution in [0.2, 0.25) is 5.02 Å². The first-order valence-corrected chi connectivity index (χ1v) is 11.6. The van der Waals surface area contributed by atoms with E-state index in [-0.39, 0.29) is 23.3 Å². The van der Waals surface area contributed by atoms with E-state index in [1.54, 1.807) is 36.5 Å². The Bertz CT molecular complexity index is 1290. The molecule has 0 saturated carbocycles. The number of esters is 2. The van der Waals surface area contributed by atoms with Gasteiger partial charge in [-0.25, -0.2) is 14.2 Å². The normalized spacial score (nSPS) is 18.0. The first kappa shape index (κ1) is 25.6. The van der Waals surface area contributed by atoms with Gasteiger partial charge in [-0.05, 0) is 59.4 Å². The van der Waals surface area contributed by atoms with E-state index in [0.29, 0.717) is 34.7 Å². The van der Waals surface area contributed by atoms with Crippen LogP contribution in [-0.2, 0) is 14.3 Å². The molecule has 0 bridgehead atoms. The number of aliphatic hydroxyl groups excluding tert-OH is 1. The second kappa shape index (κ2) is 11.0. The molecule has 1 saturated heterocycles. The molecule has 10 heteroatoms. The van der Waals surface area contributed by atoms with Gasteiger partial charge in [0.25, 0.3) is 0 Å². The Morgan fingerprint density at radius 2 is 2.08 bits per heavy atom. The molecular weight excluding hydrogens is 489 g/mol. The Balaban J connectivity index is 1.54. The van der Waals surface area contributed by atoms with E-state index in [1.807, 2.05) is 6.07 Å². The molecule has 4 N–H and O–H groups in total. The number of halogens is 2. The van der Waals surface area contributed by atoms with E-state index in [0.717, 1.165) is 5.56 Å². The molecule has 3 atom stereocenters. The molecule has 0 spiro atoms. The van der Waals surface area contributed by atoms with Gasteiger partial charge in [-0.1, -0.05) is 29.8 Å². The zero-order valence-corrected chi connectivity index (χ0v) is 20.2. The number of methoxy groups -OCH3 is 1. The third kappa shape index (κ3) is 5.48. The molecule has 1 fully saturated rings. The summed E-state index contributed by atoms with van der Waals surface area (Å²) < 4.78 is 25.1. The largest absolute Gasteiger partial charge is 0.468 e. The van der Waals surface area contributed by atoms with Crippen LogP contribution in [0.25, 0.3) is 11.1 Å². The van der Waals surface area contributed by atoms with Crippen LogP contribution >= 0.6 is 11.6 Å². The highest BCUT2D eigenvalue weighted by Gasteiger charge is 2.31. The molecule has 4 rings (SSSR count). The van der Waals surface area contributed by atoms with Crippen LogP contribution in [0.5, 0.6) is 0 Å². The van der Waals surface area contributed by atoms with Crippen molar-refractivity contribution < 1.29 is 28.6 Å². The molecule has 0 radical (unpaired) electrons. The third-order valence-electron chi connectivity index (χ3n) is 6.16. The maximum Gasteiger partial charge on any atom is 0.341 e. The molecule has 1 aromatic heterocycles. The number of hydrogen-bond acceptors (Lipinski definition) is 8. The molecule has 8 nitrogen and oxygen atoms in total. The van der Waals surface area contributed by atoms with Crippen LogP contribution < -0.4 is 11.1 Å². The Morgan fingerprint density at radius 1 is 1.28 bits per heavy atom. The second-order valence-electron chi connectivity index (χ2n) is 8.44. The lowest BCUT2D eigenvalue weighted by Crippen LogP contribution is -2.31. The SMILES string of the molecule is COC(=O)[C@@H]1C[C@H](c2cnc(N)c(-c3ccc(C(=O)O[C@H](CO)c4cccc(Cl)c4)c(F)c3)c2)CN1. The highest BCUT2D eigenvalue weighted by Crippen LogP contribution is 2.33. The number of pyridine rings is 1. The number of rotatable bonds is 7. The van der Waals surface area contributed by atoms with Gasteiger partial charge in [-0.15, -0.1) is 0 Å². The molecule has 2 aromatic carbocycles. The first-order chi connectivity index (χ1) is 17.3. The zero-order chi connectivity index (χ0) is 25.8. The Hall–Kier alpha value is -3.53. The molecule has 1 aliphatic rings. The van der Waals surface area contributed by atoms with Crippen LogP contribution in [0.4, 0.5) is 10.2 Å². The number of carbonyl (C=O) groups is 2. The predicted molar refractivity (Wildman–Crippen MR) is 132 cm³/mol. The smallest absolute Gasteiger partial charge is 0.341 e. The van der Waals surface area contributed by atoms with Gasteiger partial charge in [0.15, 0.2) is 6.10 Å². The second-order valence-corrected chi connectivity index (χ2v) is 8.88. The quantitative estimate of drug-likeness (QED) is 0.409. The summed E-state index contributed by atoms with van der Waals surface area (Å²) in [5.74, 6) is -1.86. The Morgan fingerprint density at radius 3 is 2.78 bits per heavy atom. The van der Waals surface area contributed by atoms with Crippen molar-refractivity contribution in [1.29, 1.82) is 0 Å². The number of hydrogen-bond donors (Lipinski definition) is 3. The molecule has 0 amide bonds. The van der Waals surface area contributed by atoms with E-state index in [9.17, 15) is 14.7 Å². The topological polar surface area (TPSA) is 124 Å². The number of benzene rings is 2. The van der Waals surface area contributed by atoms with Gasteiger partial charge < -0.3 is 25.6 Å². The number of carbonyl (C=O) groups excluding carboxylic acids is 2. The van der Waals surface area contributed by atoms with Crippen molar-refractivity contribution in [2.45, 2.75) is 24.5 Å². The summed E-state index contributed by atoms with van der Waals surface area (Å²) in [4.78, 5) is 28.7. The molecule has 36 heavy (non-hydrogen) atoms. The van der Waals surface area contributed by atoms with Crippen LogP contribution in [0.3, 0.4) is 0 Å². The Kier molecular flexibility index (Phi) is 7.83. The number of nitrogens with zero attached hydrogens (tertiary/aromatic N) is 1. The average Bonchev–Trinajstić information content (AvgIpc) is 3.37. The van der Waals surface area contributed by atoms with Gasteiger partial charge in [0.1, 0.15) is 17.7 Å². The van der Waals surface area contributed by atoms with Gasteiger partial charge in [-0.3, -0.25) is 4.79 Å². The number of aliphatic hydroxyl groups is 1. The number of nitrogen functional groups attached to an aromatic ring is 1. The molecule has 0 aliphatic carbocycles. The summed E-state index contributed by atoms with van der Waals surface area (Å²) in [6.07, 6.45) is 1.17. The Labute approximate surface area is 212 Å². The van der Waals surface area contributed by atoms with Gasteiger partial charge in [0, 0.05) is 23.3 Å². The summed E-state index contributed by atoms with van der Waals surface area (Å²) in [7, 11) is 1.34. The van der Waals surface area contributed by atoms with Gasteiger partial charge >= 0.3 is 11.9 Å². The first-order valence-electron chi connectivity index (χ1n) is 11.2.